The van der Waals surface area contributed by atoms with Gasteiger partial charge in [-0.05, 0) is 47.2 Å². The van der Waals surface area contributed by atoms with Gasteiger partial charge in [0.1, 0.15) is 11.4 Å². The molecule has 0 heterocycles. The summed E-state index contributed by atoms with van der Waals surface area (Å²) in [7, 11) is 0. The fourth-order valence-electron chi connectivity index (χ4n) is 2.15. The van der Waals surface area contributed by atoms with E-state index in [9.17, 15) is 0 Å². The van der Waals surface area contributed by atoms with E-state index in [2.05, 4.69) is 81.5 Å². The van der Waals surface area contributed by atoms with Crippen molar-refractivity contribution in [2.75, 3.05) is 0 Å². The summed E-state index contributed by atoms with van der Waals surface area (Å²) in [5.41, 5.74) is 5.32. The zero-order valence-electron chi connectivity index (χ0n) is 12.4. The first kappa shape index (κ1) is 13.8. The third-order valence-corrected chi connectivity index (χ3v) is 3.54. The zero-order chi connectivity index (χ0) is 13.8. The molecular weight excluding hydrogens is 230 g/mol. The van der Waals surface area contributed by atoms with Crippen molar-refractivity contribution in [2.45, 2.75) is 39.5 Å². The van der Waals surface area contributed by atoms with Crippen LogP contribution >= 0.6 is 0 Å². The predicted molar refractivity (Wildman–Crippen MR) is 82.3 cm³/mol. The minimum Gasteiger partial charge on any atom is -0.282 e. The van der Waals surface area contributed by atoms with Crippen molar-refractivity contribution < 1.29 is 5.32 Å². The second kappa shape index (κ2) is 6.03. The molecule has 0 amide bonds. The van der Waals surface area contributed by atoms with Gasteiger partial charge in [-0.25, -0.2) is 0 Å². The van der Waals surface area contributed by atoms with Crippen LogP contribution in [0, 0.1) is 0 Å². The van der Waals surface area contributed by atoms with E-state index in [0.717, 1.165) is 0 Å². The van der Waals surface area contributed by atoms with E-state index in [1.165, 1.54) is 22.5 Å². The van der Waals surface area contributed by atoms with Crippen LogP contribution in [0.3, 0.4) is 0 Å². The molecule has 0 aliphatic carbocycles. The average Bonchev–Trinajstić information content (AvgIpc) is 2.40. The lowest BCUT2D eigenvalue weighted by atomic mass is 10.0. The lowest BCUT2D eigenvalue weighted by Gasteiger charge is -2.07. The fourth-order valence-corrected chi connectivity index (χ4v) is 2.15. The highest BCUT2D eigenvalue weighted by Gasteiger charge is 2.04. The minimum atomic E-state index is 0.597. The quantitative estimate of drug-likeness (QED) is 0.776. The molecular formula is C18H24N+. The third-order valence-electron chi connectivity index (χ3n) is 3.54. The molecule has 0 saturated heterocycles. The SMILES string of the molecule is CC(C)c1ccc([NH2+]c2ccc(C(C)C)cc2)cc1. The van der Waals surface area contributed by atoms with Gasteiger partial charge in [-0.2, -0.15) is 0 Å². The Morgan fingerprint density at radius 2 is 0.895 bits per heavy atom. The normalized spacial score (nSPS) is 11.3. The maximum absolute atomic E-state index is 2.23. The highest BCUT2D eigenvalue weighted by Crippen LogP contribution is 2.17. The van der Waals surface area contributed by atoms with Crippen molar-refractivity contribution >= 4 is 11.4 Å². The molecule has 0 unspecified atom stereocenters. The molecule has 100 valence electrons. The van der Waals surface area contributed by atoms with Gasteiger partial charge in [-0.3, -0.25) is 5.32 Å². The Kier molecular flexibility index (Phi) is 4.39. The molecule has 0 fully saturated rings. The molecule has 0 aliphatic rings. The second-order valence-electron chi connectivity index (χ2n) is 5.79. The predicted octanol–water partition coefficient (Wildman–Crippen LogP) is 4.46. The number of benzene rings is 2. The Morgan fingerprint density at radius 3 is 1.16 bits per heavy atom. The summed E-state index contributed by atoms with van der Waals surface area (Å²) < 4.78 is 0. The maximum Gasteiger partial charge on any atom is 0.134 e. The van der Waals surface area contributed by atoms with Crippen LogP contribution in [0.5, 0.6) is 0 Å². The smallest absolute Gasteiger partial charge is 0.134 e. The van der Waals surface area contributed by atoms with E-state index in [-0.39, 0.29) is 0 Å². The number of rotatable bonds is 4. The van der Waals surface area contributed by atoms with Gasteiger partial charge in [-0.15, -0.1) is 0 Å². The van der Waals surface area contributed by atoms with Gasteiger partial charge in [0, 0.05) is 0 Å². The first-order valence-corrected chi connectivity index (χ1v) is 7.11. The van der Waals surface area contributed by atoms with Crippen molar-refractivity contribution in [1.82, 2.24) is 0 Å². The average molecular weight is 254 g/mol. The van der Waals surface area contributed by atoms with Crippen molar-refractivity contribution in [3.63, 3.8) is 0 Å². The molecule has 2 rings (SSSR count). The first-order valence-electron chi connectivity index (χ1n) is 7.11. The van der Waals surface area contributed by atoms with Crippen molar-refractivity contribution in [2.24, 2.45) is 0 Å². The van der Waals surface area contributed by atoms with Gasteiger partial charge in [0.05, 0.1) is 0 Å². The van der Waals surface area contributed by atoms with Gasteiger partial charge in [0.25, 0.3) is 0 Å². The standard InChI is InChI=1S/C18H23N/c1-13(2)15-5-9-17(10-6-15)19-18-11-7-16(8-12-18)14(3)4/h5-14,19H,1-4H3/p+1. The lowest BCUT2D eigenvalue weighted by molar-refractivity contribution is -0.478. The largest absolute Gasteiger partial charge is 0.282 e. The Bertz CT molecular complexity index is 457. The van der Waals surface area contributed by atoms with Crippen LogP contribution in [0.2, 0.25) is 0 Å². The molecule has 2 N–H and O–H groups in total. The van der Waals surface area contributed by atoms with E-state index in [4.69, 9.17) is 0 Å². The number of hydrogen-bond donors (Lipinski definition) is 1. The summed E-state index contributed by atoms with van der Waals surface area (Å²) in [4.78, 5) is 0. The Hall–Kier alpha value is -1.60. The highest BCUT2D eigenvalue weighted by molar-refractivity contribution is 5.39. The van der Waals surface area contributed by atoms with Gasteiger partial charge in [0.2, 0.25) is 0 Å². The maximum atomic E-state index is 2.23. The van der Waals surface area contributed by atoms with Gasteiger partial charge in [-0.1, -0.05) is 52.0 Å². The highest BCUT2D eigenvalue weighted by atomic mass is 14.9. The minimum absolute atomic E-state index is 0.597. The Morgan fingerprint density at radius 1 is 0.579 bits per heavy atom. The molecule has 1 nitrogen and oxygen atoms in total. The second-order valence-corrected chi connectivity index (χ2v) is 5.79. The molecule has 2 aromatic rings. The zero-order valence-corrected chi connectivity index (χ0v) is 12.4. The van der Waals surface area contributed by atoms with Gasteiger partial charge < -0.3 is 0 Å². The molecule has 0 spiro atoms. The number of quaternary nitrogens is 1. The summed E-state index contributed by atoms with van der Waals surface area (Å²) >= 11 is 0. The molecule has 0 saturated carbocycles. The van der Waals surface area contributed by atoms with Gasteiger partial charge >= 0.3 is 0 Å². The number of nitrogens with two attached hydrogens (primary N) is 1. The Balaban J connectivity index is 2.08. The summed E-state index contributed by atoms with van der Waals surface area (Å²) in [6.45, 7) is 8.90. The topological polar surface area (TPSA) is 16.6 Å². The summed E-state index contributed by atoms with van der Waals surface area (Å²) in [6, 6.07) is 17.7. The summed E-state index contributed by atoms with van der Waals surface area (Å²) in [5, 5.41) is 2.23. The van der Waals surface area contributed by atoms with Crippen molar-refractivity contribution in [3.05, 3.63) is 59.7 Å². The van der Waals surface area contributed by atoms with Gasteiger partial charge in [0.15, 0.2) is 0 Å². The molecule has 0 aromatic heterocycles. The molecule has 0 atom stereocenters. The van der Waals surface area contributed by atoms with Crippen LogP contribution in [0.1, 0.15) is 50.7 Å². The van der Waals surface area contributed by atoms with Crippen LogP contribution < -0.4 is 5.32 Å². The molecule has 1 heteroatoms. The van der Waals surface area contributed by atoms with Crippen LogP contribution in [0.15, 0.2) is 48.5 Å². The molecule has 0 radical (unpaired) electrons. The molecule has 0 aliphatic heterocycles. The summed E-state index contributed by atoms with van der Waals surface area (Å²) in [5.74, 6) is 1.19. The Labute approximate surface area is 116 Å². The molecule has 2 aromatic carbocycles. The molecule has 19 heavy (non-hydrogen) atoms. The van der Waals surface area contributed by atoms with E-state index in [1.807, 2.05) is 0 Å². The van der Waals surface area contributed by atoms with E-state index < -0.39 is 0 Å². The molecule has 0 bridgehead atoms. The number of hydrogen-bond acceptors (Lipinski definition) is 0. The third kappa shape index (κ3) is 3.68. The van der Waals surface area contributed by atoms with Crippen LogP contribution in [0.4, 0.5) is 11.4 Å². The monoisotopic (exact) mass is 254 g/mol. The lowest BCUT2D eigenvalue weighted by Crippen LogP contribution is -2.70. The van der Waals surface area contributed by atoms with E-state index >= 15 is 0 Å². The van der Waals surface area contributed by atoms with Crippen LogP contribution in [0.25, 0.3) is 0 Å². The van der Waals surface area contributed by atoms with E-state index in [0.29, 0.717) is 11.8 Å². The first-order chi connectivity index (χ1) is 9.06. The van der Waals surface area contributed by atoms with Crippen LogP contribution in [-0.4, -0.2) is 0 Å². The van der Waals surface area contributed by atoms with Crippen molar-refractivity contribution in [3.8, 4) is 0 Å². The van der Waals surface area contributed by atoms with Crippen molar-refractivity contribution in [1.29, 1.82) is 0 Å². The van der Waals surface area contributed by atoms with Crippen LogP contribution in [-0.2, 0) is 0 Å². The fraction of sp³-hybridized carbons (Fsp3) is 0.333. The summed E-state index contributed by atoms with van der Waals surface area (Å²) in [6.07, 6.45) is 0. The van der Waals surface area contributed by atoms with E-state index in [1.54, 1.807) is 0 Å².